The Labute approximate surface area is 113 Å². The number of carboxylic acids is 1. The van der Waals surface area contributed by atoms with Gasteiger partial charge in [-0.1, -0.05) is 12.1 Å². The van der Waals surface area contributed by atoms with Gasteiger partial charge < -0.3 is 15.6 Å². The third kappa shape index (κ3) is 2.87. The van der Waals surface area contributed by atoms with Crippen LogP contribution in [0.3, 0.4) is 0 Å². The van der Waals surface area contributed by atoms with E-state index in [1.54, 1.807) is 0 Å². The Morgan fingerprint density at radius 3 is 2.45 bits per heavy atom. The molecule has 0 bridgehead atoms. The number of aliphatic carboxylic acids is 1. The fourth-order valence-electron chi connectivity index (χ4n) is 1.98. The fraction of sp³-hybridized carbons (Fsp3) is 0.462. The maximum absolute atomic E-state index is 12.8. The van der Waals surface area contributed by atoms with Crippen molar-refractivity contribution >= 4 is 5.97 Å². The van der Waals surface area contributed by atoms with Crippen LogP contribution in [0.5, 0.6) is 5.75 Å². The van der Waals surface area contributed by atoms with Gasteiger partial charge >= 0.3 is 12.1 Å². The Balaban J connectivity index is 2.17. The average Bonchev–Trinajstić information content (AvgIpc) is 3.19. The number of ether oxygens (including phenoxy) is 1. The molecular weight excluding hydrogens is 275 g/mol. The molecule has 0 heterocycles. The van der Waals surface area contributed by atoms with E-state index in [1.165, 1.54) is 12.1 Å². The summed E-state index contributed by atoms with van der Waals surface area (Å²) in [5.41, 5.74) is 3.17. The van der Waals surface area contributed by atoms with Crippen LogP contribution < -0.4 is 10.5 Å². The summed E-state index contributed by atoms with van der Waals surface area (Å²) < 4.78 is 43.4. The predicted molar refractivity (Wildman–Crippen MR) is 64.2 cm³/mol. The molecule has 1 saturated carbocycles. The zero-order valence-electron chi connectivity index (χ0n) is 10.5. The third-order valence-corrected chi connectivity index (χ3v) is 3.36. The van der Waals surface area contributed by atoms with Crippen molar-refractivity contribution in [2.75, 3.05) is 6.61 Å². The van der Waals surface area contributed by atoms with Crippen LogP contribution in [-0.2, 0) is 11.0 Å². The normalized spacial score (nSPS) is 18.4. The number of para-hydroxylation sites is 1. The summed E-state index contributed by atoms with van der Waals surface area (Å²) in [5.74, 6) is -1.92. The van der Waals surface area contributed by atoms with Gasteiger partial charge in [-0.3, -0.25) is 4.79 Å². The van der Waals surface area contributed by atoms with Gasteiger partial charge in [0.1, 0.15) is 12.4 Å². The molecule has 1 aromatic carbocycles. The number of nitrogens with two attached hydrogens (primary N) is 1. The number of carboxylic acid groups (broad SMARTS) is 1. The molecule has 1 aromatic rings. The molecule has 7 heteroatoms. The smallest absolute Gasteiger partial charge is 0.419 e. The van der Waals surface area contributed by atoms with Crippen molar-refractivity contribution in [3.8, 4) is 5.75 Å². The highest BCUT2D eigenvalue weighted by atomic mass is 19.4. The molecule has 1 unspecified atom stereocenters. The minimum Gasteiger partial charge on any atom is -0.490 e. The first kappa shape index (κ1) is 14.6. The lowest BCUT2D eigenvalue weighted by Crippen LogP contribution is -2.54. The first-order valence-corrected chi connectivity index (χ1v) is 6.06. The number of rotatable bonds is 5. The van der Waals surface area contributed by atoms with Crippen molar-refractivity contribution < 1.29 is 27.8 Å². The van der Waals surface area contributed by atoms with Gasteiger partial charge in [-0.05, 0) is 30.9 Å². The Bertz CT molecular complexity index is 514. The topological polar surface area (TPSA) is 72.5 Å². The molecular formula is C13H14F3NO3. The minimum absolute atomic E-state index is 0.252. The van der Waals surface area contributed by atoms with Crippen molar-refractivity contribution in [2.24, 2.45) is 11.7 Å². The number of carbonyl (C=O) groups is 1. The van der Waals surface area contributed by atoms with Crippen molar-refractivity contribution in [1.82, 2.24) is 0 Å². The molecule has 2 rings (SSSR count). The van der Waals surface area contributed by atoms with E-state index in [0.29, 0.717) is 12.8 Å². The largest absolute Gasteiger partial charge is 0.490 e. The lowest BCUT2D eigenvalue weighted by molar-refractivity contribution is -0.145. The maximum atomic E-state index is 12.8. The van der Waals surface area contributed by atoms with E-state index < -0.39 is 35.6 Å². The molecule has 3 N–H and O–H groups in total. The lowest BCUT2D eigenvalue weighted by atomic mass is 9.96. The average molecular weight is 289 g/mol. The molecule has 1 atom stereocenters. The van der Waals surface area contributed by atoms with E-state index in [9.17, 15) is 18.0 Å². The third-order valence-electron chi connectivity index (χ3n) is 3.36. The molecule has 1 aliphatic rings. The summed E-state index contributed by atoms with van der Waals surface area (Å²) in [6.07, 6.45) is -3.27. The summed E-state index contributed by atoms with van der Waals surface area (Å²) in [6.45, 7) is -0.486. The van der Waals surface area contributed by atoms with Gasteiger partial charge in [-0.25, -0.2) is 0 Å². The second kappa shape index (κ2) is 4.97. The number of halogens is 3. The predicted octanol–water partition coefficient (Wildman–Crippen LogP) is 2.28. The van der Waals surface area contributed by atoms with Crippen LogP contribution in [0.25, 0.3) is 0 Å². The molecule has 0 spiro atoms. The van der Waals surface area contributed by atoms with Crippen LogP contribution in [0, 0.1) is 5.92 Å². The van der Waals surface area contributed by atoms with E-state index in [0.717, 1.165) is 12.1 Å². The Morgan fingerprint density at radius 2 is 1.95 bits per heavy atom. The zero-order chi connectivity index (χ0) is 15.0. The van der Waals surface area contributed by atoms with Crippen molar-refractivity contribution in [3.05, 3.63) is 29.8 Å². The highest BCUT2D eigenvalue weighted by molar-refractivity contribution is 5.79. The molecule has 1 aliphatic carbocycles. The van der Waals surface area contributed by atoms with Gasteiger partial charge in [0.15, 0.2) is 5.54 Å². The first-order chi connectivity index (χ1) is 9.25. The van der Waals surface area contributed by atoms with Crippen molar-refractivity contribution in [1.29, 1.82) is 0 Å². The first-order valence-electron chi connectivity index (χ1n) is 6.06. The highest BCUT2D eigenvalue weighted by Gasteiger charge is 2.49. The maximum Gasteiger partial charge on any atom is 0.419 e. The Morgan fingerprint density at radius 1 is 1.35 bits per heavy atom. The molecule has 1 fully saturated rings. The van der Waals surface area contributed by atoms with Crippen LogP contribution in [0.4, 0.5) is 13.2 Å². The van der Waals surface area contributed by atoms with E-state index in [2.05, 4.69) is 0 Å². The number of hydrogen-bond acceptors (Lipinski definition) is 3. The van der Waals surface area contributed by atoms with Crippen LogP contribution in [0.1, 0.15) is 18.4 Å². The summed E-state index contributed by atoms with van der Waals surface area (Å²) in [5, 5.41) is 9.12. The molecule has 4 nitrogen and oxygen atoms in total. The minimum atomic E-state index is -4.56. The molecule has 0 radical (unpaired) electrons. The van der Waals surface area contributed by atoms with Crippen LogP contribution in [0.2, 0.25) is 0 Å². The van der Waals surface area contributed by atoms with E-state index in [4.69, 9.17) is 15.6 Å². The summed E-state index contributed by atoms with van der Waals surface area (Å²) in [4.78, 5) is 11.2. The number of hydrogen-bond donors (Lipinski definition) is 2. The quantitative estimate of drug-likeness (QED) is 0.872. The second-order valence-electron chi connectivity index (χ2n) is 4.90. The van der Waals surface area contributed by atoms with Gasteiger partial charge in [-0.2, -0.15) is 13.2 Å². The summed E-state index contributed by atoms with van der Waals surface area (Å²) >= 11 is 0. The SMILES string of the molecule is NC(COc1ccccc1C(F)(F)F)(C(=O)O)C1CC1. The Kier molecular flexibility index (Phi) is 3.64. The van der Waals surface area contributed by atoms with E-state index >= 15 is 0 Å². The second-order valence-corrected chi connectivity index (χ2v) is 4.90. The van der Waals surface area contributed by atoms with Crippen LogP contribution >= 0.6 is 0 Å². The molecule has 110 valence electrons. The Hall–Kier alpha value is -1.76. The molecule has 0 amide bonds. The van der Waals surface area contributed by atoms with Crippen molar-refractivity contribution in [2.45, 2.75) is 24.6 Å². The summed E-state index contributed by atoms with van der Waals surface area (Å²) in [6, 6.07) is 4.66. The van der Waals surface area contributed by atoms with Crippen molar-refractivity contribution in [3.63, 3.8) is 0 Å². The molecule has 20 heavy (non-hydrogen) atoms. The van der Waals surface area contributed by atoms with Crippen LogP contribution in [0.15, 0.2) is 24.3 Å². The standard InChI is InChI=1S/C13H14F3NO3/c14-13(15,16)9-3-1-2-4-10(9)20-7-12(17,11(18)19)8-5-6-8/h1-4,8H,5-7,17H2,(H,18,19). The summed E-state index contributed by atoms with van der Waals surface area (Å²) in [7, 11) is 0. The van der Waals surface area contributed by atoms with Gasteiger partial charge in [0.05, 0.1) is 5.56 Å². The zero-order valence-corrected chi connectivity index (χ0v) is 10.5. The fourth-order valence-corrected chi connectivity index (χ4v) is 1.98. The van der Waals surface area contributed by atoms with Gasteiger partial charge in [-0.15, -0.1) is 0 Å². The van der Waals surface area contributed by atoms with E-state index in [-0.39, 0.29) is 5.92 Å². The van der Waals surface area contributed by atoms with E-state index in [1.807, 2.05) is 0 Å². The van der Waals surface area contributed by atoms with Gasteiger partial charge in [0.2, 0.25) is 0 Å². The van der Waals surface area contributed by atoms with Crippen LogP contribution in [-0.4, -0.2) is 23.2 Å². The number of alkyl halides is 3. The van der Waals surface area contributed by atoms with Gasteiger partial charge in [0.25, 0.3) is 0 Å². The molecule has 0 aromatic heterocycles. The highest BCUT2D eigenvalue weighted by Crippen LogP contribution is 2.40. The van der Waals surface area contributed by atoms with Gasteiger partial charge in [0, 0.05) is 0 Å². The molecule has 0 aliphatic heterocycles. The monoisotopic (exact) mass is 289 g/mol. The number of benzene rings is 1. The lowest BCUT2D eigenvalue weighted by Gasteiger charge is -2.25. The molecule has 0 saturated heterocycles.